The van der Waals surface area contributed by atoms with Crippen molar-refractivity contribution >= 4 is 29.1 Å². The first-order valence-corrected chi connectivity index (χ1v) is 7.48. The summed E-state index contributed by atoms with van der Waals surface area (Å²) in [5.41, 5.74) is 1.11. The van der Waals surface area contributed by atoms with Gasteiger partial charge in [-0.1, -0.05) is 29.8 Å². The fourth-order valence-electron chi connectivity index (χ4n) is 2.60. The minimum atomic E-state index is -1.00. The molecule has 1 aromatic heterocycles. The van der Waals surface area contributed by atoms with Crippen LogP contribution in [0.2, 0.25) is 5.02 Å². The molecular weight excluding hydrogens is 302 g/mol. The monoisotopic (exact) mass is 317 g/mol. The average Bonchev–Trinajstić information content (AvgIpc) is 2.56. The maximum absolute atomic E-state index is 11.0. The first kappa shape index (κ1) is 14.7. The second-order valence-corrected chi connectivity index (χ2v) is 5.52. The second kappa shape index (κ2) is 6.23. The van der Waals surface area contributed by atoms with Crippen molar-refractivity contribution in [2.75, 3.05) is 36.0 Å². The van der Waals surface area contributed by atoms with E-state index in [0.717, 1.165) is 36.9 Å². The summed E-state index contributed by atoms with van der Waals surface area (Å²) in [4.78, 5) is 19.5. The lowest BCUT2D eigenvalue weighted by Crippen LogP contribution is -2.47. The van der Waals surface area contributed by atoms with E-state index in [1.807, 2.05) is 30.3 Å². The van der Waals surface area contributed by atoms with Crippen molar-refractivity contribution in [1.82, 2.24) is 4.98 Å². The molecule has 0 spiro atoms. The quantitative estimate of drug-likeness (QED) is 0.943. The summed E-state index contributed by atoms with van der Waals surface area (Å²) in [5, 5.41) is 9.78. The van der Waals surface area contributed by atoms with Gasteiger partial charge in [0.15, 0.2) is 5.69 Å². The number of carboxylic acids is 1. The first-order chi connectivity index (χ1) is 10.6. The number of carboxylic acid groups (broad SMARTS) is 1. The number of hydrogen-bond acceptors (Lipinski definition) is 4. The van der Waals surface area contributed by atoms with E-state index in [2.05, 4.69) is 14.8 Å². The minimum absolute atomic E-state index is 0.0750. The highest BCUT2D eigenvalue weighted by Gasteiger charge is 2.20. The standard InChI is InChI=1S/C16H16ClN3O2/c17-12-4-1-2-6-14(12)19-8-10-20(11-9-19)15-7-3-5-13(18-15)16(21)22/h1-7H,8-11H2,(H,21,22). The fourth-order valence-corrected chi connectivity index (χ4v) is 2.86. The van der Waals surface area contributed by atoms with Crippen molar-refractivity contribution in [1.29, 1.82) is 0 Å². The van der Waals surface area contributed by atoms with E-state index in [-0.39, 0.29) is 5.69 Å². The van der Waals surface area contributed by atoms with Crippen molar-refractivity contribution in [3.63, 3.8) is 0 Å². The Bertz CT molecular complexity index is 685. The fraction of sp³-hybridized carbons (Fsp3) is 0.250. The van der Waals surface area contributed by atoms with E-state index in [0.29, 0.717) is 5.82 Å². The van der Waals surface area contributed by atoms with E-state index in [1.165, 1.54) is 6.07 Å². The molecule has 114 valence electrons. The van der Waals surface area contributed by atoms with Crippen LogP contribution < -0.4 is 9.80 Å². The zero-order valence-corrected chi connectivity index (χ0v) is 12.7. The summed E-state index contributed by atoms with van der Waals surface area (Å²) in [7, 11) is 0. The molecule has 1 saturated heterocycles. The smallest absolute Gasteiger partial charge is 0.354 e. The molecule has 0 atom stereocenters. The van der Waals surface area contributed by atoms with E-state index in [1.54, 1.807) is 6.07 Å². The van der Waals surface area contributed by atoms with Crippen LogP contribution in [0.3, 0.4) is 0 Å². The van der Waals surface area contributed by atoms with Gasteiger partial charge in [0.1, 0.15) is 5.82 Å². The molecule has 0 unspecified atom stereocenters. The van der Waals surface area contributed by atoms with Crippen LogP contribution in [-0.2, 0) is 0 Å². The highest BCUT2D eigenvalue weighted by molar-refractivity contribution is 6.33. The molecule has 6 heteroatoms. The van der Waals surface area contributed by atoms with Crippen LogP contribution in [-0.4, -0.2) is 42.2 Å². The van der Waals surface area contributed by atoms with Crippen LogP contribution in [0, 0.1) is 0 Å². The molecule has 0 saturated carbocycles. The lowest BCUT2D eigenvalue weighted by atomic mass is 10.2. The largest absolute Gasteiger partial charge is 0.477 e. The molecule has 22 heavy (non-hydrogen) atoms. The maximum Gasteiger partial charge on any atom is 0.354 e. The summed E-state index contributed by atoms with van der Waals surface area (Å²) in [6.45, 7) is 3.20. The number of hydrogen-bond donors (Lipinski definition) is 1. The van der Waals surface area contributed by atoms with E-state index in [9.17, 15) is 4.79 Å². The third kappa shape index (κ3) is 2.99. The number of piperazine rings is 1. The van der Waals surface area contributed by atoms with Gasteiger partial charge in [-0.15, -0.1) is 0 Å². The Labute approximate surface area is 133 Å². The van der Waals surface area contributed by atoms with Crippen LogP contribution in [0.1, 0.15) is 10.5 Å². The Morgan fingerprint density at radius 2 is 1.68 bits per heavy atom. The van der Waals surface area contributed by atoms with Gasteiger partial charge in [0, 0.05) is 26.2 Å². The van der Waals surface area contributed by atoms with Gasteiger partial charge in [0.2, 0.25) is 0 Å². The van der Waals surface area contributed by atoms with Crippen LogP contribution in [0.15, 0.2) is 42.5 Å². The number of anilines is 2. The lowest BCUT2D eigenvalue weighted by Gasteiger charge is -2.37. The molecule has 1 aromatic carbocycles. The third-order valence-electron chi connectivity index (χ3n) is 3.75. The third-order valence-corrected chi connectivity index (χ3v) is 4.07. The summed E-state index contributed by atoms with van der Waals surface area (Å²) in [6, 6.07) is 12.9. The molecular formula is C16H16ClN3O2. The Kier molecular flexibility index (Phi) is 4.15. The van der Waals surface area contributed by atoms with Crippen LogP contribution in [0.5, 0.6) is 0 Å². The Morgan fingerprint density at radius 1 is 1.00 bits per heavy atom. The summed E-state index contributed by atoms with van der Waals surface area (Å²) in [5.74, 6) is -0.296. The molecule has 0 radical (unpaired) electrons. The number of aromatic nitrogens is 1. The highest BCUT2D eigenvalue weighted by atomic mass is 35.5. The van der Waals surface area contributed by atoms with E-state index >= 15 is 0 Å². The Balaban J connectivity index is 1.71. The predicted octanol–water partition coefficient (Wildman–Crippen LogP) is 2.76. The molecule has 3 rings (SSSR count). The number of para-hydroxylation sites is 1. The van der Waals surface area contributed by atoms with Gasteiger partial charge in [0.05, 0.1) is 10.7 Å². The van der Waals surface area contributed by atoms with Crippen molar-refractivity contribution < 1.29 is 9.90 Å². The normalized spacial score (nSPS) is 15.0. The molecule has 1 N–H and O–H groups in total. The zero-order chi connectivity index (χ0) is 15.5. The average molecular weight is 318 g/mol. The second-order valence-electron chi connectivity index (χ2n) is 5.11. The van der Waals surface area contributed by atoms with Gasteiger partial charge in [-0.05, 0) is 24.3 Å². The first-order valence-electron chi connectivity index (χ1n) is 7.10. The number of halogens is 1. The molecule has 5 nitrogen and oxygen atoms in total. The molecule has 1 aliphatic rings. The molecule has 2 heterocycles. The number of nitrogens with zero attached hydrogens (tertiary/aromatic N) is 3. The molecule has 0 aliphatic carbocycles. The van der Waals surface area contributed by atoms with Crippen molar-refractivity contribution in [2.45, 2.75) is 0 Å². The number of pyridine rings is 1. The number of carbonyl (C=O) groups is 1. The topological polar surface area (TPSA) is 56.7 Å². The van der Waals surface area contributed by atoms with Gasteiger partial charge < -0.3 is 14.9 Å². The molecule has 1 fully saturated rings. The van der Waals surface area contributed by atoms with Gasteiger partial charge in [0.25, 0.3) is 0 Å². The van der Waals surface area contributed by atoms with Crippen LogP contribution in [0.4, 0.5) is 11.5 Å². The van der Waals surface area contributed by atoms with Crippen molar-refractivity contribution in [3.05, 3.63) is 53.2 Å². The minimum Gasteiger partial charge on any atom is -0.477 e. The number of rotatable bonds is 3. The van der Waals surface area contributed by atoms with Crippen LogP contribution >= 0.6 is 11.6 Å². The molecule has 1 aliphatic heterocycles. The van der Waals surface area contributed by atoms with Crippen molar-refractivity contribution in [2.24, 2.45) is 0 Å². The lowest BCUT2D eigenvalue weighted by molar-refractivity contribution is 0.0690. The highest BCUT2D eigenvalue weighted by Crippen LogP contribution is 2.26. The number of aromatic carboxylic acids is 1. The van der Waals surface area contributed by atoms with Gasteiger partial charge in [-0.2, -0.15) is 0 Å². The van der Waals surface area contributed by atoms with E-state index in [4.69, 9.17) is 16.7 Å². The molecule has 0 amide bonds. The summed E-state index contributed by atoms with van der Waals surface area (Å²) in [6.07, 6.45) is 0. The summed E-state index contributed by atoms with van der Waals surface area (Å²) < 4.78 is 0. The van der Waals surface area contributed by atoms with Crippen LogP contribution in [0.25, 0.3) is 0 Å². The summed E-state index contributed by atoms with van der Waals surface area (Å²) >= 11 is 6.23. The molecule has 2 aromatic rings. The van der Waals surface area contributed by atoms with Gasteiger partial charge in [-0.25, -0.2) is 9.78 Å². The Hall–Kier alpha value is -2.27. The molecule has 0 bridgehead atoms. The number of benzene rings is 1. The van der Waals surface area contributed by atoms with Crippen molar-refractivity contribution in [3.8, 4) is 0 Å². The van der Waals surface area contributed by atoms with Gasteiger partial charge in [-0.3, -0.25) is 0 Å². The SMILES string of the molecule is O=C(O)c1cccc(N2CCN(c3ccccc3Cl)CC2)n1. The zero-order valence-electron chi connectivity index (χ0n) is 11.9. The van der Waals surface area contributed by atoms with E-state index < -0.39 is 5.97 Å². The predicted molar refractivity (Wildman–Crippen MR) is 87.1 cm³/mol. The Morgan fingerprint density at radius 3 is 2.36 bits per heavy atom. The maximum atomic E-state index is 11.0. The van der Waals surface area contributed by atoms with Gasteiger partial charge >= 0.3 is 5.97 Å².